The van der Waals surface area contributed by atoms with Crippen molar-refractivity contribution in [3.63, 3.8) is 0 Å². The summed E-state index contributed by atoms with van der Waals surface area (Å²) in [6.07, 6.45) is 1.59. The Balaban J connectivity index is 1.34. The summed E-state index contributed by atoms with van der Waals surface area (Å²) in [5, 5.41) is 1.23. The van der Waals surface area contributed by atoms with Gasteiger partial charge >= 0.3 is 0 Å². The molecule has 170 valence electrons. The van der Waals surface area contributed by atoms with Gasteiger partial charge in [0.2, 0.25) is 10.0 Å². The van der Waals surface area contributed by atoms with Crippen molar-refractivity contribution >= 4 is 22.0 Å². The van der Waals surface area contributed by atoms with Gasteiger partial charge in [-0.2, -0.15) is 4.31 Å². The smallest absolute Gasteiger partial charge is 0.254 e. The van der Waals surface area contributed by atoms with Gasteiger partial charge in [0, 0.05) is 37.2 Å². The minimum atomic E-state index is -3.54. The number of rotatable bonds is 7. The maximum atomic E-state index is 13.0. The minimum absolute atomic E-state index is 0.128. The van der Waals surface area contributed by atoms with Crippen LogP contribution in [-0.2, 0) is 16.6 Å². The Labute approximate surface area is 194 Å². The predicted octanol–water partition coefficient (Wildman–Crippen LogP) is 4.02. The Morgan fingerprint density at radius 2 is 1.52 bits per heavy atom. The topological polar surface area (TPSA) is 66.9 Å². The first kappa shape index (κ1) is 22.8. The van der Waals surface area contributed by atoms with E-state index in [-0.39, 0.29) is 19.0 Å². The molecular formula is C26H26N2O4S. The molecule has 1 heterocycles. The first-order valence-corrected chi connectivity index (χ1v) is 12.3. The van der Waals surface area contributed by atoms with Gasteiger partial charge in [0.1, 0.15) is 12.4 Å². The van der Waals surface area contributed by atoms with Crippen LogP contribution in [-0.4, -0.2) is 49.7 Å². The van der Waals surface area contributed by atoms with E-state index in [0.29, 0.717) is 31.0 Å². The van der Waals surface area contributed by atoms with Crippen molar-refractivity contribution in [3.8, 4) is 5.75 Å². The van der Waals surface area contributed by atoms with E-state index in [1.165, 1.54) is 9.71 Å². The molecule has 4 rings (SSSR count). The van der Waals surface area contributed by atoms with Gasteiger partial charge in [-0.15, -0.1) is 0 Å². The molecule has 0 unspecified atom stereocenters. The summed E-state index contributed by atoms with van der Waals surface area (Å²) >= 11 is 0. The summed E-state index contributed by atoms with van der Waals surface area (Å²) in [4.78, 5) is 14.7. The normalized spacial score (nSPS) is 15.0. The lowest BCUT2D eigenvalue weighted by Crippen LogP contribution is -2.50. The van der Waals surface area contributed by atoms with Gasteiger partial charge in [0.15, 0.2) is 0 Å². The van der Waals surface area contributed by atoms with Gasteiger partial charge in [-0.05, 0) is 35.4 Å². The lowest BCUT2D eigenvalue weighted by atomic mass is 10.1. The molecule has 6 nitrogen and oxygen atoms in total. The Bertz CT molecular complexity index is 1200. The Kier molecular flexibility index (Phi) is 7.22. The van der Waals surface area contributed by atoms with Gasteiger partial charge < -0.3 is 9.64 Å². The van der Waals surface area contributed by atoms with Gasteiger partial charge in [-0.1, -0.05) is 66.7 Å². The van der Waals surface area contributed by atoms with Crippen LogP contribution in [0.15, 0.2) is 90.3 Å². The van der Waals surface area contributed by atoms with Crippen LogP contribution < -0.4 is 4.74 Å². The average Bonchev–Trinajstić information content (AvgIpc) is 2.87. The average molecular weight is 463 g/mol. The molecule has 0 aromatic heterocycles. The van der Waals surface area contributed by atoms with Crippen LogP contribution in [0.4, 0.5) is 0 Å². The molecular weight excluding hydrogens is 436 g/mol. The number of sulfonamides is 1. The Morgan fingerprint density at radius 3 is 2.21 bits per heavy atom. The van der Waals surface area contributed by atoms with E-state index in [4.69, 9.17) is 4.74 Å². The highest BCUT2D eigenvalue weighted by molar-refractivity contribution is 7.92. The molecule has 33 heavy (non-hydrogen) atoms. The monoisotopic (exact) mass is 462 g/mol. The van der Waals surface area contributed by atoms with Crippen molar-refractivity contribution in [2.45, 2.75) is 6.61 Å². The highest BCUT2D eigenvalue weighted by Gasteiger charge is 2.28. The summed E-state index contributed by atoms with van der Waals surface area (Å²) in [5.41, 5.74) is 2.40. The van der Waals surface area contributed by atoms with E-state index in [2.05, 4.69) is 0 Å². The van der Waals surface area contributed by atoms with E-state index in [0.717, 1.165) is 11.1 Å². The van der Waals surface area contributed by atoms with Crippen LogP contribution in [0.3, 0.4) is 0 Å². The molecule has 0 bridgehead atoms. The number of carbonyl (C=O) groups excluding carboxylic acids is 1. The number of hydrogen-bond acceptors (Lipinski definition) is 4. The fourth-order valence-electron chi connectivity index (χ4n) is 3.60. The molecule has 0 radical (unpaired) electrons. The third-order valence-corrected chi connectivity index (χ3v) is 7.01. The van der Waals surface area contributed by atoms with E-state index < -0.39 is 10.0 Å². The van der Waals surface area contributed by atoms with Gasteiger partial charge in [0.05, 0.1) is 0 Å². The summed E-state index contributed by atoms with van der Waals surface area (Å²) in [6.45, 7) is 1.62. The molecule has 1 amide bonds. The van der Waals surface area contributed by atoms with Crippen molar-refractivity contribution in [1.82, 2.24) is 9.21 Å². The van der Waals surface area contributed by atoms with E-state index >= 15 is 0 Å². The zero-order chi connectivity index (χ0) is 23.1. The number of nitrogens with zero attached hydrogens (tertiary/aromatic N) is 2. The predicted molar refractivity (Wildman–Crippen MR) is 129 cm³/mol. The molecule has 1 aliphatic rings. The number of carbonyl (C=O) groups is 1. The number of hydrogen-bond donors (Lipinski definition) is 0. The molecule has 1 fully saturated rings. The van der Waals surface area contributed by atoms with Crippen LogP contribution >= 0.6 is 0 Å². The quantitative estimate of drug-likeness (QED) is 0.532. The van der Waals surface area contributed by atoms with Crippen LogP contribution in [0.2, 0.25) is 0 Å². The molecule has 7 heteroatoms. The van der Waals surface area contributed by atoms with Crippen LogP contribution in [0.1, 0.15) is 21.5 Å². The second-order valence-electron chi connectivity index (χ2n) is 7.75. The van der Waals surface area contributed by atoms with E-state index in [1.807, 2.05) is 66.7 Å². The molecule has 3 aromatic rings. The largest absolute Gasteiger partial charge is 0.489 e. The van der Waals surface area contributed by atoms with Crippen molar-refractivity contribution in [1.29, 1.82) is 0 Å². The third kappa shape index (κ3) is 6.09. The van der Waals surface area contributed by atoms with Crippen molar-refractivity contribution < 1.29 is 17.9 Å². The van der Waals surface area contributed by atoms with Crippen LogP contribution in [0.25, 0.3) is 6.08 Å². The summed E-state index contributed by atoms with van der Waals surface area (Å²) in [7, 11) is -3.54. The number of piperazine rings is 1. The number of ether oxygens (including phenoxy) is 1. The summed E-state index contributed by atoms with van der Waals surface area (Å²) in [6, 6.07) is 26.2. The van der Waals surface area contributed by atoms with Crippen molar-refractivity contribution in [2.24, 2.45) is 0 Å². The second kappa shape index (κ2) is 10.5. The lowest BCUT2D eigenvalue weighted by Gasteiger charge is -2.33. The Hall–Kier alpha value is -3.42. The maximum Gasteiger partial charge on any atom is 0.254 e. The summed E-state index contributed by atoms with van der Waals surface area (Å²) < 4.78 is 32.6. The summed E-state index contributed by atoms with van der Waals surface area (Å²) in [5.74, 6) is 0.494. The molecule has 1 saturated heterocycles. The molecule has 0 N–H and O–H groups in total. The molecule has 0 saturated carbocycles. The fraction of sp³-hybridized carbons (Fsp3) is 0.192. The highest BCUT2D eigenvalue weighted by Crippen LogP contribution is 2.18. The zero-order valence-corrected chi connectivity index (χ0v) is 19.0. The first-order valence-electron chi connectivity index (χ1n) is 10.8. The Morgan fingerprint density at radius 1 is 0.848 bits per heavy atom. The zero-order valence-electron chi connectivity index (χ0n) is 18.2. The highest BCUT2D eigenvalue weighted by atomic mass is 32.2. The van der Waals surface area contributed by atoms with Crippen LogP contribution in [0.5, 0.6) is 5.75 Å². The van der Waals surface area contributed by atoms with E-state index in [9.17, 15) is 13.2 Å². The second-order valence-corrected chi connectivity index (χ2v) is 9.57. The van der Waals surface area contributed by atoms with Crippen molar-refractivity contribution in [3.05, 3.63) is 107 Å². The van der Waals surface area contributed by atoms with E-state index in [1.54, 1.807) is 29.2 Å². The number of amides is 1. The molecule has 1 aliphatic heterocycles. The van der Waals surface area contributed by atoms with Crippen molar-refractivity contribution in [2.75, 3.05) is 26.2 Å². The minimum Gasteiger partial charge on any atom is -0.489 e. The molecule has 0 atom stereocenters. The van der Waals surface area contributed by atoms with Crippen LogP contribution in [0, 0.1) is 0 Å². The SMILES string of the molecule is O=C(c1cccc(OCc2ccccc2)c1)N1CCN(S(=O)(=O)C=Cc2ccccc2)CC1. The maximum absolute atomic E-state index is 13.0. The third-order valence-electron chi connectivity index (χ3n) is 5.45. The fourth-order valence-corrected chi connectivity index (χ4v) is 4.78. The van der Waals surface area contributed by atoms with Gasteiger partial charge in [-0.25, -0.2) is 8.42 Å². The molecule has 3 aromatic carbocycles. The number of benzene rings is 3. The standard InChI is InChI=1S/C26H26N2O4S/c29-26(24-12-7-13-25(20-24)32-21-23-10-5-2-6-11-23)27-15-17-28(18-16-27)33(30,31)19-14-22-8-3-1-4-9-22/h1-14,19-20H,15-18,21H2. The lowest BCUT2D eigenvalue weighted by molar-refractivity contribution is 0.0698. The van der Waals surface area contributed by atoms with Gasteiger partial charge in [-0.3, -0.25) is 4.79 Å². The van der Waals surface area contributed by atoms with Gasteiger partial charge in [0.25, 0.3) is 5.91 Å². The first-order chi connectivity index (χ1) is 16.0. The molecule has 0 spiro atoms. The molecule has 0 aliphatic carbocycles.